The Balaban J connectivity index is 1.73. The Labute approximate surface area is 108 Å². The van der Waals surface area contributed by atoms with Crippen LogP contribution in [-0.4, -0.2) is 43.3 Å². The summed E-state index contributed by atoms with van der Waals surface area (Å²) in [5, 5.41) is 3.24. The van der Waals surface area contributed by atoms with Gasteiger partial charge in [0.2, 0.25) is 10.0 Å². The molecular weight excluding hydrogens is 252 g/mol. The number of sulfonamides is 1. The average Bonchev–Trinajstić information content (AvgIpc) is 2.82. The number of nitrogens with zero attached hydrogens (tertiary/aromatic N) is 1. The summed E-state index contributed by atoms with van der Waals surface area (Å²) in [5.41, 5.74) is 0. The van der Waals surface area contributed by atoms with Gasteiger partial charge < -0.3 is 10.3 Å². The summed E-state index contributed by atoms with van der Waals surface area (Å²) in [7, 11) is -3.19. The van der Waals surface area contributed by atoms with Gasteiger partial charge in [-0.1, -0.05) is 6.42 Å². The first kappa shape index (κ1) is 13.5. The summed E-state index contributed by atoms with van der Waals surface area (Å²) in [6, 6.07) is 0.0971. The summed E-state index contributed by atoms with van der Waals surface area (Å²) in [6.07, 6.45) is 7.18. The number of piperidine rings is 1. The number of hydrogen-bond acceptors (Lipinski definition) is 4. The Morgan fingerprint density at radius 1 is 1.44 bits per heavy atom. The highest BCUT2D eigenvalue weighted by Gasteiger charge is 2.20. The monoisotopic (exact) mass is 272 g/mol. The van der Waals surface area contributed by atoms with Gasteiger partial charge in [0.15, 0.2) is 0 Å². The van der Waals surface area contributed by atoms with Crippen LogP contribution in [0.25, 0.3) is 0 Å². The molecule has 0 amide bonds. The zero-order valence-electron chi connectivity index (χ0n) is 10.4. The Kier molecular flexibility index (Phi) is 4.73. The van der Waals surface area contributed by atoms with Gasteiger partial charge in [0.05, 0.1) is 5.75 Å². The standard InChI is InChI=1S/C11H20N4O2S/c16-18(17,9-10-3-1-2-5-12-10)15-6-4-11-13-7-8-14-11/h7-8,10,12,15H,1-6,9H2,(H,13,14). The van der Waals surface area contributed by atoms with Crippen LogP contribution in [0.1, 0.15) is 25.1 Å². The molecule has 2 heterocycles. The van der Waals surface area contributed by atoms with Gasteiger partial charge in [-0.25, -0.2) is 18.1 Å². The molecule has 0 saturated carbocycles. The van der Waals surface area contributed by atoms with Gasteiger partial charge in [0.25, 0.3) is 0 Å². The van der Waals surface area contributed by atoms with E-state index in [1.807, 2.05) is 0 Å². The molecule has 1 fully saturated rings. The molecule has 0 aliphatic carbocycles. The Bertz CT molecular complexity index is 438. The Morgan fingerprint density at radius 3 is 3.00 bits per heavy atom. The van der Waals surface area contributed by atoms with Crippen molar-refractivity contribution < 1.29 is 8.42 Å². The number of aromatic nitrogens is 2. The second kappa shape index (κ2) is 6.31. The van der Waals surface area contributed by atoms with E-state index in [-0.39, 0.29) is 11.8 Å². The maximum absolute atomic E-state index is 11.8. The van der Waals surface area contributed by atoms with Gasteiger partial charge in [0, 0.05) is 31.4 Å². The second-order valence-corrected chi connectivity index (χ2v) is 6.46. The van der Waals surface area contributed by atoms with Crippen molar-refractivity contribution in [1.29, 1.82) is 0 Å². The fourth-order valence-corrected chi connectivity index (χ4v) is 3.49. The van der Waals surface area contributed by atoms with Crippen LogP contribution in [-0.2, 0) is 16.4 Å². The van der Waals surface area contributed by atoms with Crippen LogP contribution in [0.15, 0.2) is 12.4 Å². The summed E-state index contributed by atoms with van der Waals surface area (Å²) < 4.78 is 26.3. The molecule has 18 heavy (non-hydrogen) atoms. The number of imidazole rings is 1. The van der Waals surface area contributed by atoms with Crippen LogP contribution in [0.2, 0.25) is 0 Å². The normalized spacial score (nSPS) is 21.0. The number of H-pyrrole nitrogens is 1. The summed E-state index contributed by atoms with van der Waals surface area (Å²) >= 11 is 0. The van der Waals surface area contributed by atoms with E-state index in [0.717, 1.165) is 31.6 Å². The Hall–Kier alpha value is -0.920. The molecule has 1 aliphatic heterocycles. The molecule has 1 unspecified atom stereocenters. The van der Waals surface area contributed by atoms with Crippen LogP contribution in [0.4, 0.5) is 0 Å². The number of rotatable bonds is 6. The maximum atomic E-state index is 11.8. The third-order valence-corrected chi connectivity index (χ3v) is 4.56. The second-order valence-electron chi connectivity index (χ2n) is 4.61. The predicted molar refractivity (Wildman–Crippen MR) is 69.7 cm³/mol. The van der Waals surface area contributed by atoms with Gasteiger partial charge in [-0.05, 0) is 19.4 Å². The van der Waals surface area contributed by atoms with E-state index in [1.165, 1.54) is 0 Å². The SMILES string of the molecule is O=S(=O)(CC1CCCCN1)NCCc1ncc[nH]1. The molecule has 1 aromatic rings. The lowest BCUT2D eigenvalue weighted by Crippen LogP contribution is -2.43. The van der Waals surface area contributed by atoms with E-state index in [0.29, 0.717) is 13.0 Å². The Morgan fingerprint density at radius 2 is 2.33 bits per heavy atom. The van der Waals surface area contributed by atoms with Gasteiger partial charge in [-0.3, -0.25) is 0 Å². The zero-order valence-corrected chi connectivity index (χ0v) is 11.2. The predicted octanol–water partition coefficient (Wildman–Crippen LogP) is 0.0137. The average molecular weight is 272 g/mol. The topological polar surface area (TPSA) is 86.9 Å². The minimum absolute atomic E-state index is 0.0971. The van der Waals surface area contributed by atoms with Gasteiger partial charge in [-0.15, -0.1) is 0 Å². The van der Waals surface area contributed by atoms with Crippen molar-refractivity contribution in [3.8, 4) is 0 Å². The van der Waals surface area contributed by atoms with E-state index < -0.39 is 10.0 Å². The molecule has 0 spiro atoms. The van der Waals surface area contributed by atoms with E-state index >= 15 is 0 Å². The number of aromatic amines is 1. The largest absolute Gasteiger partial charge is 0.349 e. The van der Waals surface area contributed by atoms with Crippen molar-refractivity contribution in [3.63, 3.8) is 0 Å². The minimum Gasteiger partial charge on any atom is -0.349 e. The highest BCUT2D eigenvalue weighted by molar-refractivity contribution is 7.89. The lowest BCUT2D eigenvalue weighted by molar-refractivity contribution is 0.422. The summed E-state index contributed by atoms with van der Waals surface area (Å²) in [4.78, 5) is 7.00. The molecule has 1 aromatic heterocycles. The lowest BCUT2D eigenvalue weighted by Gasteiger charge is -2.23. The van der Waals surface area contributed by atoms with Crippen molar-refractivity contribution in [1.82, 2.24) is 20.0 Å². The molecule has 6 nitrogen and oxygen atoms in total. The first-order valence-electron chi connectivity index (χ1n) is 6.35. The molecule has 1 aliphatic rings. The minimum atomic E-state index is -3.19. The van der Waals surface area contributed by atoms with Crippen molar-refractivity contribution in [3.05, 3.63) is 18.2 Å². The van der Waals surface area contributed by atoms with E-state index in [9.17, 15) is 8.42 Å². The summed E-state index contributed by atoms with van der Waals surface area (Å²) in [6.45, 7) is 1.31. The first-order chi connectivity index (χ1) is 8.66. The van der Waals surface area contributed by atoms with Crippen molar-refractivity contribution in [2.45, 2.75) is 31.7 Å². The lowest BCUT2D eigenvalue weighted by atomic mass is 10.1. The molecule has 0 radical (unpaired) electrons. The molecule has 3 N–H and O–H groups in total. The number of hydrogen-bond donors (Lipinski definition) is 3. The molecule has 2 rings (SSSR count). The molecule has 0 bridgehead atoms. The van der Waals surface area contributed by atoms with E-state index in [1.54, 1.807) is 12.4 Å². The van der Waals surface area contributed by atoms with E-state index in [2.05, 4.69) is 20.0 Å². The zero-order chi connectivity index (χ0) is 12.8. The highest BCUT2D eigenvalue weighted by Crippen LogP contribution is 2.08. The van der Waals surface area contributed by atoms with Crippen molar-refractivity contribution in [2.24, 2.45) is 0 Å². The van der Waals surface area contributed by atoms with Gasteiger partial charge in [-0.2, -0.15) is 0 Å². The maximum Gasteiger partial charge on any atom is 0.213 e. The molecule has 1 atom stereocenters. The molecule has 0 aromatic carbocycles. The third-order valence-electron chi connectivity index (χ3n) is 3.07. The third kappa shape index (κ3) is 4.40. The quantitative estimate of drug-likeness (QED) is 0.681. The first-order valence-corrected chi connectivity index (χ1v) is 8.00. The summed E-state index contributed by atoms with van der Waals surface area (Å²) in [5.74, 6) is 0.971. The van der Waals surface area contributed by atoms with Crippen molar-refractivity contribution >= 4 is 10.0 Å². The van der Waals surface area contributed by atoms with Crippen LogP contribution < -0.4 is 10.0 Å². The van der Waals surface area contributed by atoms with Crippen LogP contribution in [0, 0.1) is 0 Å². The van der Waals surface area contributed by atoms with Gasteiger partial charge in [0.1, 0.15) is 5.82 Å². The molecule has 7 heteroatoms. The van der Waals surface area contributed by atoms with E-state index in [4.69, 9.17) is 0 Å². The highest BCUT2D eigenvalue weighted by atomic mass is 32.2. The van der Waals surface area contributed by atoms with Crippen LogP contribution in [0.3, 0.4) is 0 Å². The van der Waals surface area contributed by atoms with Crippen LogP contribution >= 0.6 is 0 Å². The molecule has 1 saturated heterocycles. The van der Waals surface area contributed by atoms with Gasteiger partial charge >= 0.3 is 0 Å². The number of nitrogens with one attached hydrogen (secondary N) is 3. The van der Waals surface area contributed by atoms with Crippen LogP contribution in [0.5, 0.6) is 0 Å². The van der Waals surface area contributed by atoms with Crippen molar-refractivity contribution in [2.75, 3.05) is 18.8 Å². The molecule has 102 valence electrons. The fourth-order valence-electron chi connectivity index (χ4n) is 2.15. The fraction of sp³-hybridized carbons (Fsp3) is 0.727. The molecular formula is C11H20N4O2S. The smallest absolute Gasteiger partial charge is 0.213 e.